The summed E-state index contributed by atoms with van der Waals surface area (Å²) in [5.74, 6) is 0.861. The topological polar surface area (TPSA) is 54.9 Å². The first-order valence-corrected chi connectivity index (χ1v) is 8.97. The Bertz CT molecular complexity index is 475. The summed E-state index contributed by atoms with van der Waals surface area (Å²) in [4.78, 5) is 4.58. The summed E-state index contributed by atoms with van der Waals surface area (Å²) in [6.07, 6.45) is 2.94. The maximum Gasteiger partial charge on any atom is 0.191 e. The SMILES string of the molecule is CCNC(=NCCCCOCCOC)NCCc1cccc(Cl)c1.I. The first kappa shape index (κ1) is 24.4. The van der Waals surface area contributed by atoms with Crippen molar-refractivity contribution in [3.8, 4) is 0 Å². The average Bonchev–Trinajstić information content (AvgIpc) is 2.57. The molecule has 0 unspecified atom stereocenters. The Morgan fingerprint density at radius 3 is 2.72 bits per heavy atom. The number of benzene rings is 1. The smallest absolute Gasteiger partial charge is 0.191 e. The van der Waals surface area contributed by atoms with E-state index in [1.807, 2.05) is 18.2 Å². The molecule has 0 aromatic heterocycles. The lowest BCUT2D eigenvalue weighted by Gasteiger charge is -2.11. The highest BCUT2D eigenvalue weighted by Crippen LogP contribution is 2.10. The Morgan fingerprint density at radius 1 is 1.16 bits per heavy atom. The predicted molar refractivity (Wildman–Crippen MR) is 116 cm³/mol. The molecule has 0 spiro atoms. The third-order valence-electron chi connectivity index (χ3n) is 3.34. The van der Waals surface area contributed by atoms with Crippen molar-refractivity contribution in [2.24, 2.45) is 4.99 Å². The fourth-order valence-electron chi connectivity index (χ4n) is 2.11. The van der Waals surface area contributed by atoms with Crippen molar-refractivity contribution in [1.82, 2.24) is 10.6 Å². The van der Waals surface area contributed by atoms with Crippen molar-refractivity contribution in [1.29, 1.82) is 0 Å². The molecule has 1 rings (SSSR count). The van der Waals surface area contributed by atoms with E-state index in [1.54, 1.807) is 7.11 Å². The second-order valence-electron chi connectivity index (χ2n) is 5.38. The van der Waals surface area contributed by atoms with Crippen LogP contribution in [0.15, 0.2) is 29.3 Å². The van der Waals surface area contributed by atoms with E-state index in [4.69, 9.17) is 21.1 Å². The summed E-state index contributed by atoms with van der Waals surface area (Å²) < 4.78 is 10.4. The molecular formula is C18H31ClIN3O2. The van der Waals surface area contributed by atoms with Crippen molar-refractivity contribution in [2.45, 2.75) is 26.2 Å². The van der Waals surface area contributed by atoms with Gasteiger partial charge in [0.15, 0.2) is 5.96 Å². The van der Waals surface area contributed by atoms with Crippen molar-refractivity contribution in [2.75, 3.05) is 46.6 Å². The lowest BCUT2D eigenvalue weighted by molar-refractivity contribution is 0.0690. The zero-order valence-corrected chi connectivity index (χ0v) is 18.3. The standard InChI is InChI=1S/C18H30ClN3O2.HI/c1-3-20-18(21-10-4-5-12-24-14-13-23-2)22-11-9-16-7-6-8-17(19)15-16;/h6-8,15H,3-5,9-14H2,1-2H3,(H2,20,21,22);1H. The third kappa shape index (κ3) is 13.3. The number of ether oxygens (including phenoxy) is 2. The monoisotopic (exact) mass is 483 g/mol. The van der Waals surface area contributed by atoms with Gasteiger partial charge in [0.05, 0.1) is 13.2 Å². The van der Waals surface area contributed by atoms with Crippen LogP contribution in [0.2, 0.25) is 5.02 Å². The molecule has 1 aromatic rings. The van der Waals surface area contributed by atoms with Gasteiger partial charge in [0.1, 0.15) is 0 Å². The number of guanidine groups is 1. The Balaban J connectivity index is 0.00000576. The molecule has 144 valence electrons. The summed E-state index contributed by atoms with van der Waals surface area (Å²) in [5, 5.41) is 7.40. The number of methoxy groups -OCH3 is 1. The lowest BCUT2D eigenvalue weighted by Crippen LogP contribution is -2.38. The number of hydrogen-bond acceptors (Lipinski definition) is 3. The maximum atomic E-state index is 6.00. The summed E-state index contributed by atoms with van der Waals surface area (Å²) in [5.41, 5.74) is 1.22. The maximum absolute atomic E-state index is 6.00. The Kier molecular flexibility index (Phi) is 16.5. The quantitative estimate of drug-likeness (QED) is 0.207. The molecule has 0 radical (unpaired) electrons. The molecule has 0 aliphatic heterocycles. The van der Waals surface area contributed by atoms with Crippen LogP contribution in [0, 0.1) is 0 Å². The van der Waals surface area contributed by atoms with Gasteiger partial charge in [0.2, 0.25) is 0 Å². The number of hydrogen-bond donors (Lipinski definition) is 2. The molecule has 0 bridgehead atoms. The molecule has 1 aromatic carbocycles. The van der Waals surface area contributed by atoms with Crippen LogP contribution in [-0.4, -0.2) is 52.5 Å². The molecule has 0 heterocycles. The highest BCUT2D eigenvalue weighted by Gasteiger charge is 1.98. The van der Waals surface area contributed by atoms with Gasteiger partial charge in [-0.3, -0.25) is 4.99 Å². The van der Waals surface area contributed by atoms with Crippen LogP contribution in [0.4, 0.5) is 0 Å². The van der Waals surface area contributed by atoms with Crippen molar-refractivity contribution in [3.63, 3.8) is 0 Å². The number of halogens is 2. The molecule has 0 amide bonds. The van der Waals surface area contributed by atoms with Crippen LogP contribution < -0.4 is 10.6 Å². The minimum absolute atomic E-state index is 0. The van der Waals surface area contributed by atoms with E-state index >= 15 is 0 Å². The summed E-state index contributed by atoms with van der Waals surface area (Å²) in [6, 6.07) is 7.95. The number of rotatable bonds is 12. The van der Waals surface area contributed by atoms with Gasteiger partial charge < -0.3 is 20.1 Å². The van der Waals surface area contributed by atoms with Gasteiger partial charge in [-0.1, -0.05) is 23.7 Å². The van der Waals surface area contributed by atoms with Crippen LogP contribution in [0.5, 0.6) is 0 Å². The Morgan fingerprint density at radius 2 is 2.00 bits per heavy atom. The molecule has 0 saturated carbocycles. The van der Waals surface area contributed by atoms with Crippen LogP contribution in [-0.2, 0) is 15.9 Å². The van der Waals surface area contributed by atoms with E-state index in [9.17, 15) is 0 Å². The van der Waals surface area contributed by atoms with Gasteiger partial charge in [-0.15, -0.1) is 24.0 Å². The molecule has 0 aliphatic carbocycles. The van der Waals surface area contributed by atoms with E-state index in [0.29, 0.717) is 13.2 Å². The van der Waals surface area contributed by atoms with Gasteiger partial charge in [0, 0.05) is 38.4 Å². The normalized spacial score (nSPS) is 11.1. The molecule has 7 heteroatoms. The predicted octanol–water partition coefficient (Wildman–Crippen LogP) is 3.50. The van der Waals surface area contributed by atoms with E-state index in [1.165, 1.54) is 5.56 Å². The summed E-state index contributed by atoms with van der Waals surface area (Å²) in [6.45, 7) is 6.61. The van der Waals surface area contributed by atoms with E-state index in [-0.39, 0.29) is 24.0 Å². The molecule has 0 aliphatic rings. The third-order valence-corrected chi connectivity index (χ3v) is 3.57. The molecule has 25 heavy (non-hydrogen) atoms. The molecular weight excluding hydrogens is 453 g/mol. The Labute approximate surface area is 173 Å². The van der Waals surface area contributed by atoms with Crippen molar-refractivity contribution in [3.05, 3.63) is 34.9 Å². The van der Waals surface area contributed by atoms with Crippen LogP contribution in [0.1, 0.15) is 25.3 Å². The second-order valence-corrected chi connectivity index (χ2v) is 5.82. The van der Waals surface area contributed by atoms with Crippen LogP contribution >= 0.6 is 35.6 Å². The molecule has 2 N–H and O–H groups in total. The molecule has 0 saturated heterocycles. The van der Waals surface area contributed by atoms with Gasteiger partial charge in [-0.25, -0.2) is 0 Å². The van der Waals surface area contributed by atoms with Crippen molar-refractivity contribution < 1.29 is 9.47 Å². The zero-order chi connectivity index (χ0) is 17.5. The first-order chi connectivity index (χ1) is 11.8. The molecule has 0 atom stereocenters. The van der Waals surface area contributed by atoms with Gasteiger partial charge >= 0.3 is 0 Å². The fourth-order valence-corrected chi connectivity index (χ4v) is 2.32. The highest BCUT2D eigenvalue weighted by molar-refractivity contribution is 14.0. The number of aliphatic imine (C=N–C) groups is 1. The molecule has 5 nitrogen and oxygen atoms in total. The zero-order valence-electron chi connectivity index (χ0n) is 15.2. The lowest BCUT2D eigenvalue weighted by atomic mass is 10.1. The van der Waals surface area contributed by atoms with Crippen LogP contribution in [0.3, 0.4) is 0 Å². The largest absolute Gasteiger partial charge is 0.382 e. The minimum atomic E-state index is 0. The second kappa shape index (κ2) is 16.9. The minimum Gasteiger partial charge on any atom is -0.382 e. The number of nitrogens with zero attached hydrogens (tertiary/aromatic N) is 1. The average molecular weight is 484 g/mol. The fraction of sp³-hybridized carbons (Fsp3) is 0.611. The van der Waals surface area contributed by atoms with Gasteiger partial charge in [-0.2, -0.15) is 0 Å². The highest BCUT2D eigenvalue weighted by atomic mass is 127. The number of unbranched alkanes of at least 4 members (excludes halogenated alkanes) is 1. The summed E-state index contributed by atoms with van der Waals surface area (Å²) in [7, 11) is 1.68. The van der Waals surface area contributed by atoms with E-state index < -0.39 is 0 Å². The Hall–Kier alpha value is -0.570. The van der Waals surface area contributed by atoms with Crippen molar-refractivity contribution >= 4 is 41.5 Å². The number of nitrogens with one attached hydrogen (secondary N) is 2. The van der Waals surface area contributed by atoms with Gasteiger partial charge in [-0.05, 0) is 43.9 Å². The van der Waals surface area contributed by atoms with E-state index in [0.717, 1.165) is 56.5 Å². The van der Waals surface area contributed by atoms with E-state index in [2.05, 4.69) is 28.6 Å². The molecule has 0 fully saturated rings. The van der Waals surface area contributed by atoms with Gasteiger partial charge in [0.25, 0.3) is 0 Å². The summed E-state index contributed by atoms with van der Waals surface area (Å²) >= 11 is 6.00. The first-order valence-electron chi connectivity index (χ1n) is 8.59. The van der Waals surface area contributed by atoms with Crippen LogP contribution in [0.25, 0.3) is 0 Å².